The highest BCUT2D eigenvalue weighted by Gasteiger charge is 2.41. The Morgan fingerprint density at radius 3 is 2.58 bits per heavy atom. The summed E-state index contributed by atoms with van der Waals surface area (Å²) >= 11 is 0. The third kappa shape index (κ3) is 4.65. The third-order valence-corrected chi connectivity index (χ3v) is 7.40. The van der Waals surface area contributed by atoms with E-state index < -0.39 is 0 Å². The molecule has 3 atom stereocenters. The number of piperazine rings is 1. The van der Waals surface area contributed by atoms with Gasteiger partial charge in [-0.15, -0.1) is 0 Å². The molecule has 6 heteroatoms. The maximum Gasteiger partial charge on any atom is 0.227 e. The van der Waals surface area contributed by atoms with Crippen LogP contribution in [0.5, 0.6) is 0 Å². The molecule has 1 amide bonds. The number of β-amino-alcohol motifs (C(OH)–C–C–N with tert-alkyl or cyclic N) is 1. The molecule has 2 aromatic carbocycles. The molecule has 5 rings (SSSR count). The van der Waals surface area contributed by atoms with Gasteiger partial charge in [0.05, 0.1) is 25.2 Å². The summed E-state index contributed by atoms with van der Waals surface area (Å²) in [5, 5.41) is 12.9. The normalized spacial score (nSPS) is 24.8. The van der Waals surface area contributed by atoms with Crippen LogP contribution in [0.25, 0.3) is 0 Å². The van der Waals surface area contributed by atoms with Gasteiger partial charge in [-0.3, -0.25) is 9.69 Å². The number of aliphatic hydroxyl groups is 1. The minimum Gasteiger partial charge on any atom is -0.395 e. The Morgan fingerprint density at radius 1 is 1.09 bits per heavy atom. The molecule has 0 radical (unpaired) electrons. The van der Waals surface area contributed by atoms with E-state index in [-0.39, 0.29) is 24.7 Å². The lowest BCUT2D eigenvalue weighted by Crippen LogP contribution is -2.49. The number of benzene rings is 2. The Bertz CT molecular complexity index is 995. The highest BCUT2D eigenvalue weighted by atomic mass is 16.5. The second-order valence-electron chi connectivity index (χ2n) is 9.83. The highest BCUT2D eigenvalue weighted by molar-refractivity contribution is 5.79. The number of carbonyl (C=O) groups excluding carboxylic acids is 1. The summed E-state index contributed by atoms with van der Waals surface area (Å²) in [6.07, 6.45) is 1.53. The number of nitrogens with one attached hydrogen (secondary N) is 1. The fourth-order valence-electron chi connectivity index (χ4n) is 5.80. The lowest BCUT2D eigenvalue weighted by molar-refractivity contribution is -0.132. The first-order valence-corrected chi connectivity index (χ1v) is 12.2. The van der Waals surface area contributed by atoms with Crippen LogP contribution in [0.4, 0.5) is 5.69 Å². The lowest BCUT2D eigenvalue weighted by atomic mass is 9.80. The van der Waals surface area contributed by atoms with Gasteiger partial charge in [0.1, 0.15) is 0 Å². The average Bonchev–Trinajstić information content (AvgIpc) is 3.29. The maximum atomic E-state index is 12.9. The van der Waals surface area contributed by atoms with Gasteiger partial charge in [0.15, 0.2) is 0 Å². The number of amides is 1. The Hall–Kier alpha value is -2.41. The number of ether oxygens (including phenoxy) is 1. The van der Waals surface area contributed by atoms with Crippen LogP contribution in [-0.4, -0.2) is 66.8 Å². The van der Waals surface area contributed by atoms with Crippen molar-refractivity contribution in [3.05, 3.63) is 64.2 Å². The predicted octanol–water partition coefficient (Wildman–Crippen LogP) is 3.23. The van der Waals surface area contributed by atoms with Crippen molar-refractivity contribution >= 4 is 11.6 Å². The molecule has 33 heavy (non-hydrogen) atoms. The molecule has 2 fully saturated rings. The minimum absolute atomic E-state index is 0.0733. The molecule has 0 aromatic heterocycles. The number of rotatable bonds is 5. The second-order valence-corrected chi connectivity index (χ2v) is 9.83. The Balaban J connectivity index is 1.32. The molecule has 0 bridgehead atoms. The Morgan fingerprint density at radius 2 is 1.85 bits per heavy atom. The first-order chi connectivity index (χ1) is 16.0. The zero-order valence-corrected chi connectivity index (χ0v) is 19.7. The molecule has 2 saturated heterocycles. The summed E-state index contributed by atoms with van der Waals surface area (Å²) in [4.78, 5) is 17.1. The van der Waals surface area contributed by atoms with E-state index in [1.165, 1.54) is 22.3 Å². The number of carbonyl (C=O) groups is 1. The summed E-state index contributed by atoms with van der Waals surface area (Å²) in [6.45, 7) is 9.08. The number of anilines is 1. The van der Waals surface area contributed by atoms with Crippen molar-refractivity contribution in [2.75, 3.05) is 51.3 Å². The maximum absolute atomic E-state index is 12.9. The van der Waals surface area contributed by atoms with E-state index in [4.69, 9.17) is 9.84 Å². The molecule has 3 aliphatic rings. The number of aliphatic hydroxyl groups excluding tert-OH is 1. The summed E-state index contributed by atoms with van der Waals surface area (Å²) in [5.74, 6) is 0.573. The van der Waals surface area contributed by atoms with Gasteiger partial charge < -0.3 is 20.1 Å². The monoisotopic (exact) mass is 449 g/mol. The van der Waals surface area contributed by atoms with Crippen molar-refractivity contribution < 1.29 is 14.6 Å². The quantitative estimate of drug-likeness (QED) is 0.734. The van der Waals surface area contributed by atoms with E-state index in [1.54, 1.807) is 0 Å². The van der Waals surface area contributed by atoms with E-state index in [2.05, 4.69) is 60.5 Å². The Labute approximate surface area is 196 Å². The van der Waals surface area contributed by atoms with Crippen molar-refractivity contribution in [3.8, 4) is 0 Å². The van der Waals surface area contributed by atoms with Crippen LogP contribution in [0.1, 0.15) is 46.4 Å². The van der Waals surface area contributed by atoms with Crippen LogP contribution in [0.3, 0.4) is 0 Å². The van der Waals surface area contributed by atoms with Crippen LogP contribution in [-0.2, 0) is 16.0 Å². The van der Waals surface area contributed by atoms with E-state index >= 15 is 0 Å². The average molecular weight is 450 g/mol. The van der Waals surface area contributed by atoms with Gasteiger partial charge in [0, 0.05) is 56.5 Å². The molecule has 0 saturated carbocycles. The van der Waals surface area contributed by atoms with Crippen LogP contribution in [0.2, 0.25) is 0 Å². The van der Waals surface area contributed by atoms with Gasteiger partial charge in [0.2, 0.25) is 5.91 Å². The number of hydrogen-bond acceptors (Lipinski definition) is 5. The highest BCUT2D eigenvalue weighted by Crippen LogP contribution is 2.50. The van der Waals surface area contributed by atoms with E-state index in [1.807, 2.05) is 4.90 Å². The molecular formula is C27H35N3O3. The van der Waals surface area contributed by atoms with Gasteiger partial charge in [-0.2, -0.15) is 0 Å². The summed E-state index contributed by atoms with van der Waals surface area (Å²) in [6, 6.07) is 13.4. The van der Waals surface area contributed by atoms with Crippen LogP contribution in [0, 0.1) is 19.8 Å². The SMILES string of the molecule is Cc1cc(C)cc([C@H]2Nc3ccc(CC(=O)N4CCN(CCO)CC4)cc3[C@@H]3OCC[C@H]23)c1. The topological polar surface area (TPSA) is 65.0 Å². The molecule has 3 heterocycles. The second kappa shape index (κ2) is 9.45. The standard InChI is InChI=1S/C27H35N3O3/c1-18-13-19(2)15-21(14-18)26-22-5-12-33-27(22)23-16-20(3-4-24(23)28-26)17-25(32)30-8-6-29(7-9-30)10-11-31/h3-4,13-16,22,26-28,31H,5-12,17H2,1-2H3/t22-,26-,27-/m1/s1. The molecule has 0 unspecified atom stereocenters. The van der Waals surface area contributed by atoms with Crippen LogP contribution >= 0.6 is 0 Å². The summed E-state index contributed by atoms with van der Waals surface area (Å²) in [5.41, 5.74) is 7.28. The first kappa shape index (κ1) is 22.4. The van der Waals surface area contributed by atoms with E-state index in [9.17, 15) is 4.79 Å². The van der Waals surface area contributed by atoms with Crippen molar-refractivity contribution in [1.82, 2.24) is 9.80 Å². The van der Waals surface area contributed by atoms with E-state index in [0.29, 0.717) is 18.9 Å². The number of hydrogen-bond donors (Lipinski definition) is 2. The van der Waals surface area contributed by atoms with Gasteiger partial charge in [0.25, 0.3) is 0 Å². The molecular weight excluding hydrogens is 414 g/mol. The van der Waals surface area contributed by atoms with Gasteiger partial charge in [-0.1, -0.05) is 41.5 Å². The van der Waals surface area contributed by atoms with Crippen molar-refractivity contribution in [2.24, 2.45) is 5.92 Å². The first-order valence-electron chi connectivity index (χ1n) is 12.2. The summed E-state index contributed by atoms with van der Waals surface area (Å²) in [7, 11) is 0. The largest absolute Gasteiger partial charge is 0.395 e. The fourth-order valence-corrected chi connectivity index (χ4v) is 5.80. The summed E-state index contributed by atoms with van der Waals surface area (Å²) < 4.78 is 6.25. The zero-order chi connectivity index (χ0) is 22.9. The molecule has 0 spiro atoms. The van der Waals surface area contributed by atoms with Gasteiger partial charge in [-0.05, 0) is 37.5 Å². The molecule has 2 N–H and O–H groups in total. The van der Waals surface area contributed by atoms with Crippen molar-refractivity contribution in [3.63, 3.8) is 0 Å². The molecule has 6 nitrogen and oxygen atoms in total. The molecule has 3 aliphatic heterocycles. The van der Waals surface area contributed by atoms with Crippen molar-refractivity contribution in [2.45, 2.75) is 38.8 Å². The molecule has 176 valence electrons. The minimum atomic E-state index is 0.0733. The van der Waals surface area contributed by atoms with Crippen molar-refractivity contribution in [1.29, 1.82) is 0 Å². The number of fused-ring (bicyclic) bond motifs is 3. The number of aryl methyl sites for hydroxylation is 2. The fraction of sp³-hybridized carbons (Fsp3) is 0.519. The van der Waals surface area contributed by atoms with Gasteiger partial charge >= 0.3 is 0 Å². The lowest BCUT2D eigenvalue weighted by Gasteiger charge is -2.37. The van der Waals surface area contributed by atoms with Gasteiger partial charge in [-0.25, -0.2) is 0 Å². The predicted molar refractivity (Wildman–Crippen MR) is 129 cm³/mol. The van der Waals surface area contributed by atoms with Crippen LogP contribution < -0.4 is 5.32 Å². The molecule has 2 aromatic rings. The van der Waals surface area contributed by atoms with Crippen LogP contribution in [0.15, 0.2) is 36.4 Å². The van der Waals surface area contributed by atoms with E-state index in [0.717, 1.165) is 50.5 Å². The smallest absolute Gasteiger partial charge is 0.227 e. The number of nitrogens with zero attached hydrogens (tertiary/aromatic N) is 2. The third-order valence-electron chi connectivity index (χ3n) is 7.40. The molecule has 0 aliphatic carbocycles. The zero-order valence-electron chi connectivity index (χ0n) is 19.7. The Kier molecular flexibility index (Phi) is 6.41.